The van der Waals surface area contributed by atoms with Crippen molar-refractivity contribution in [3.05, 3.63) is 29.8 Å². The number of ether oxygens (including phenoxy) is 1. The van der Waals surface area contributed by atoms with Gasteiger partial charge in [0.15, 0.2) is 0 Å². The maximum atomic E-state index is 5.27. The Kier molecular flexibility index (Phi) is 6.34. The van der Waals surface area contributed by atoms with E-state index in [4.69, 9.17) is 4.74 Å². The summed E-state index contributed by atoms with van der Waals surface area (Å²) in [7, 11) is 3.89. The molecule has 108 valence electrons. The SMILES string of the molecule is COc1cccc(CN(C)CC(CBr)C(C)(C)C)c1. The summed E-state index contributed by atoms with van der Waals surface area (Å²) in [6.07, 6.45) is 0. The fourth-order valence-corrected chi connectivity index (χ4v) is 3.25. The molecule has 0 N–H and O–H groups in total. The summed E-state index contributed by atoms with van der Waals surface area (Å²) in [5.74, 6) is 1.57. The molecule has 0 heterocycles. The van der Waals surface area contributed by atoms with Crippen molar-refractivity contribution >= 4 is 15.9 Å². The lowest BCUT2D eigenvalue weighted by Crippen LogP contribution is -2.34. The van der Waals surface area contributed by atoms with Gasteiger partial charge in [-0.15, -0.1) is 0 Å². The van der Waals surface area contributed by atoms with Crippen molar-refractivity contribution in [2.45, 2.75) is 27.3 Å². The van der Waals surface area contributed by atoms with Crippen LogP contribution in [-0.4, -0.2) is 30.9 Å². The number of methoxy groups -OCH3 is 1. The minimum absolute atomic E-state index is 0.326. The molecule has 1 unspecified atom stereocenters. The molecule has 2 nitrogen and oxygen atoms in total. The first-order valence-electron chi connectivity index (χ1n) is 6.74. The first-order valence-corrected chi connectivity index (χ1v) is 7.86. The minimum Gasteiger partial charge on any atom is -0.497 e. The quantitative estimate of drug-likeness (QED) is 0.726. The number of halogens is 1. The highest BCUT2D eigenvalue weighted by Gasteiger charge is 2.24. The third-order valence-electron chi connectivity index (χ3n) is 3.53. The molecule has 0 saturated carbocycles. The third kappa shape index (κ3) is 5.53. The first-order chi connectivity index (χ1) is 8.86. The molecule has 0 aliphatic heterocycles. The van der Waals surface area contributed by atoms with E-state index in [1.54, 1.807) is 7.11 Å². The third-order valence-corrected chi connectivity index (χ3v) is 4.31. The lowest BCUT2D eigenvalue weighted by Gasteiger charge is -2.32. The average Bonchev–Trinajstić information content (AvgIpc) is 2.34. The topological polar surface area (TPSA) is 12.5 Å². The maximum Gasteiger partial charge on any atom is 0.119 e. The Hall–Kier alpha value is -0.540. The van der Waals surface area contributed by atoms with Gasteiger partial charge in [-0.2, -0.15) is 0 Å². The molecule has 0 fully saturated rings. The summed E-state index contributed by atoms with van der Waals surface area (Å²) in [5.41, 5.74) is 1.62. The van der Waals surface area contributed by atoms with Crippen molar-refractivity contribution < 1.29 is 4.74 Å². The van der Waals surface area contributed by atoms with Crippen LogP contribution in [0.1, 0.15) is 26.3 Å². The van der Waals surface area contributed by atoms with E-state index in [-0.39, 0.29) is 0 Å². The van der Waals surface area contributed by atoms with E-state index in [9.17, 15) is 0 Å². The molecule has 0 amide bonds. The highest BCUT2D eigenvalue weighted by atomic mass is 79.9. The van der Waals surface area contributed by atoms with Gasteiger partial charge < -0.3 is 9.64 Å². The molecule has 0 aliphatic carbocycles. The smallest absolute Gasteiger partial charge is 0.119 e. The molecule has 19 heavy (non-hydrogen) atoms. The van der Waals surface area contributed by atoms with Gasteiger partial charge >= 0.3 is 0 Å². The van der Waals surface area contributed by atoms with Crippen molar-refractivity contribution in [2.75, 3.05) is 26.0 Å². The molecular formula is C16H26BrNO. The van der Waals surface area contributed by atoms with Crippen molar-refractivity contribution in [1.29, 1.82) is 0 Å². The number of nitrogens with zero attached hydrogens (tertiary/aromatic N) is 1. The Bertz CT molecular complexity index is 387. The lowest BCUT2D eigenvalue weighted by molar-refractivity contribution is 0.183. The van der Waals surface area contributed by atoms with E-state index in [2.05, 4.69) is 60.8 Å². The monoisotopic (exact) mass is 327 g/mol. The van der Waals surface area contributed by atoms with Gasteiger partial charge in [-0.3, -0.25) is 0 Å². The number of hydrogen-bond donors (Lipinski definition) is 0. The molecule has 0 aliphatic rings. The Morgan fingerprint density at radius 1 is 1.32 bits per heavy atom. The molecule has 1 aromatic carbocycles. The Balaban J connectivity index is 2.61. The van der Waals surface area contributed by atoms with Gasteiger partial charge in [0.25, 0.3) is 0 Å². The van der Waals surface area contributed by atoms with Crippen LogP contribution in [0.3, 0.4) is 0 Å². The Morgan fingerprint density at radius 3 is 2.53 bits per heavy atom. The highest BCUT2D eigenvalue weighted by molar-refractivity contribution is 9.09. The fourth-order valence-electron chi connectivity index (χ4n) is 2.08. The van der Waals surface area contributed by atoms with E-state index in [1.165, 1.54) is 5.56 Å². The van der Waals surface area contributed by atoms with Gasteiger partial charge in [0.1, 0.15) is 5.75 Å². The Morgan fingerprint density at radius 2 is 2.00 bits per heavy atom. The summed E-state index contributed by atoms with van der Waals surface area (Å²) >= 11 is 3.64. The largest absolute Gasteiger partial charge is 0.497 e. The molecule has 1 aromatic rings. The molecule has 0 saturated heterocycles. The molecule has 0 spiro atoms. The standard InChI is InChI=1S/C16H26BrNO/c1-16(2,3)14(10-17)12-18(4)11-13-7-6-8-15(9-13)19-5/h6-9,14H,10-12H2,1-5H3. The van der Waals surface area contributed by atoms with Crippen LogP contribution < -0.4 is 4.74 Å². The number of alkyl halides is 1. The summed E-state index contributed by atoms with van der Waals surface area (Å²) in [6.45, 7) is 8.96. The van der Waals surface area contributed by atoms with Gasteiger partial charge in [0.05, 0.1) is 7.11 Å². The number of hydrogen-bond acceptors (Lipinski definition) is 2. The highest BCUT2D eigenvalue weighted by Crippen LogP contribution is 2.28. The van der Waals surface area contributed by atoms with Gasteiger partial charge in [-0.25, -0.2) is 0 Å². The van der Waals surface area contributed by atoms with Crippen molar-refractivity contribution in [2.24, 2.45) is 11.3 Å². The van der Waals surface area contributed by atoms with E-state index >= 15 is 0 Å². The minimum atomic E-state index is 0.326. The fraction of sp³-hybridized carbons (Fsp3) is 0.625. The predicted octanol–water partition coefficient (Wildman–Crippen LogP) is 4.18. The molecule has 3 heteroatoms. The van der Waals surface area contributed by atoms with E-state index < -0.39 is 0 Å². The summed E-state index contributed by atoms with van der Waals surface area (Å²) < 4.78 is 5.27. The van der Waals surface area contributed by atoms with Gasteiger partial charge in [-0.05, 0) is 36.1 Å². The van der Waals surface area contributed by atoms with E-state index in [1.807, 2.05) is 12.1 Å². The lowest BCUT2D eigenvalue weighted by atomic mass is 9.82. The number of rotatable bonds is 6. The summed E-state index contributed by atoms with van der Waals surface area (Å²) in [5, 5.41) is 1.04. The second-order valence-corrected chi connectivity index (χ2v) is 6.91. The van der Waals surface area contributed by atoms with Crippen LogP contribution in [-0.2, 0) is 6.54 Å². The first kappa shape index (κ1) is 16.5. The maximum absolute atomic E-state index is 5.27. The van der Waals surface area contributed by atoms with Crippen molar-refractivity contribution in [3.8, 4) is 5.75 Å². The summed E-state index contributed by atoms with van der Waals surface area (Å²) in [6, 6.07) is 8.30. The van der Waals surface area contributed by atoms with Gasteiger partial charge in [0.2, 0.25) is 0 Å². The van der Waals surface area contributed by atoms with Crippen LogP contribution in [0.5, 0.6) is 5.75 Å². The molecule has 0 bridgehead atoms. The van der Waals surface area contributed by atoms with Crippen LogP contribution in [0.25, 0.3) is 0 Å². The second-order valence-electron chi connectivity index (χ2n) is 6.27. The van der Waals surface area contributed by atoms with Crippen molar-refractivity contribution in [1.82, 2.24) is 4.90 Å². The number of benzene rings is 1. The van der Waals surface area contributed by atoms with Crippen LogP contribution in [0.15, 0.2) is 24.3 Å². The van der Waals surface area contributed by atoms with E-state index in [0.717, 1.165) is 24.2 Å². The van der Waals surface area contributed by atoms with Crippen molar-refractivity contribution in [3.63, 3.8) is 0 Å². The molecule has 1 rings (SSSR count). The van der Waals surface area contributed by atoms with Crippen LogP contribution in [0.4, 0.5) is 0 Å². The normalized spacial score (nSPS) is 13.6. The Labute approximate surface area is 126 Å². The average molecular weight is 328 g/mol. The van der Waals surface area contributed by atoms with Gasteiger partial charge in [0, 0.05) is 18.4 Å². The zero-order valence-corrected chi connectivity index (χ0v) is 14.3. The second kappa shape index (κ2) is 7.30. The molecular weight excluding hydrogens is 302 g/mol. The zero-order valence-electron chi connectivity index (χ0n) is 12.7. The summed E-state index contributed by atoms with van der Waals surface area (Å²) in [4.78, 5) is 2.38. The van der Waals surface area contributed by atoms with Crippen LogP contribution >= 0.6 is 15.9 Å². The molecule has 1 atom stereocenters. The van der Waals surface area contributed by atoms with Crippen LogP contribution in [0.2, 0.25) is 0 Å². The molecule has 0 radical (unpaired) electrons. The molecule has 0 aromatic heterocycles. The predicted molar refractivity (Wildman–Crippen MR) is 86.1 cm³/mol. The van der Waals surface area contributed by atoms with E-state index in [0.29, 0.717) is 11.3 Å². The van der Waals surface area contributed by atoms with Gasteiger partial charge in [-0.1, -0.05) is 48.8 Å². The van der Waals surface area contributed by atoms with Crippen LogP contribution in [0, 0.1) is 11.3 Å². The zero-order chi connectivity index (χ0) is 14.5.